The van der Waals surface area contributed by atoms with E-state index >= 15 is 0 Å². The number of aryl methyl sites for hydroxylation is 1. The molecular formula is C16H21NO2. The summed E-state index contributed by atoms with van der Waals surface area (Å²) in [4.78, 5) is 12.0. The van der Waals surface area contributed by atoms with Crippen molar-refractivity contribution in [3.8, 4) is 0 Å². The Morgan fingerprint density at radius 2 is 2.11 bits per heavy atom. The lowest BCUT2D eigenvalue weighted by atomic mass is 10.0. The number of nitrogens with one attached hydrogen (secondary N) is 1. The van der Waals surface area contributed by atoms with Crippen LogP contribution >= 0.6 is 0 Å². The average Bonchev–Trinajstić information content (AvgIpc) is 2.97. The van der Waals surface area contributed by atoms with Crippen molar-refractivity contribution in [3.63, 3.8) is 0 Å². The van der Waals surface area contributed by atoms with Crippen LogP contribution in [0, 0.1) is 5.92 Å². The summed E-state index contributed by atoms with van der Waals surface area (Å²) in [7, 11) is 0. The lowest BCUT2D eigenvalue weighted by molar-refractivity contribution is 0.0442. The summed E-state index contributed by atoms with van der Waals surface area (Å²) in [6, 6.07) is 5.85. The molecule has 19 heavy (non-hydrogen) atoms. The average molecular weight is 259 g/mol. The lowest BCUT2D eigenvalue weighted by Gasteiger charge is -2.18. The minimum absolute atomic E-state index is 0.166. The fraction of sp³-hybridized carbons (Fsp3) is 0.562. The van der Waals surface area contributed by atoms with E-state index in [9.17, 15) is 4.79 Å². The SMILES string of the molecule is O=C(OCC1CCCC1)c1ccc2c(c1)CCCN2. The van der Waals surface area contributed by atoms with Gasteiger partial charge >= 0.3 is 5.97 Å². The maximum absolute atomic E-state index is 12.0. The van der Waals surface area contributed by atoms with Gasteiger partial charge in [0.05, 0.1) is 12.2 Å². The summed E-state index contributed by atoms with van der Waals surface area (Å²) in [6.07, 6.45) is 7.17. The molecule has 3 nitrogen and oxygen atoms in total. The second kappa shape index (κ2) is 5.64. The number of esters is 1. The van der Waals surface area contributed by atoms with E-state index in [0.717, 1.165) is 19.4 Å². The molecule has 1 heterocycles. The molecule has 0 bridgehead atoms. The van der Waals surface area contributed by atoms with Gasteiger partial charge < -0.3 is 10.1 Å². The Balaban J connectivity index is 1.62. The molecule has 0 saturated heterocycles. The number of carbonyl (C=O) groups excluding carboxylic acids is 1. The molecule has 1 aliphatic carbocycles. The number of fused-ring (bicyclic) bond motifs is 1. The fourth-order valence-corrected chi connectivity index (χ4v) is 3.06. The monoisotopic (exact) mass is 259 g/mol. The molecular weight excluding hydrogens is 238 g/mol. The van der Waals surface area contributed by atoms with E-state index in [1.54, 1.807) is 0 Å². The Morgan fingerprint density at radius 3 is 2.95 bits per heavy atom. The van der Waals surface area contributed by atoms with Crippen LogP contribution in [0.4, 0.5) is 5.69 Å². The van der Waals surface area contributed by atoms with E-state index in [-0.39, 0.29) is 5.97 Å². The van der Waals surface area contributed by atoms with Crippen LogP contribution < -0.4 is 5.32 Å². The second-order valence-corrected chi connectivity index (χ2v) is 5.65. The van der Waals surface area contributed by atoms with E-state index in [1.807, 2.05) is 18.2 Å². The third-order valence-corrected chi connectivity index (χ3v) is 4.20. The lowest BCUT2D eigenvalue weighted by Crippen LogP contribution is -2.15. The number of hydrogen-bond acceptors (Lipinski definition) is 3. The summed E-state index contributed by atoms with van der Waals surface area (Å²) < 4.78 is 5.44. The van der Waals surface area contributed by atoms with Crippen molar-refractivity contribution in [1.29, 1.82) is 0 Å². The zero-order valence-corrected chi connectivity index (χ0v) is 11.3. The van der Waals surface area contributed by atoms with Gasteiger partial charge in [0.2, 0.25) is 0 Å². The van der Waals surface area contributed by atoms with Gasteiger partial charge in [-0.15, -0.1) is 0 Å². The quantitative estimate of drug-likeness (QED) is 0.846. The summed E-state index contributed by atoms with van der Waals surface area (Å²) in [5.41, 5.74) is 3.10. The Morgan fingerprint density at radius 1 is 1.26 bits per heavy atom. The summed E-state index contributed by atoms with van der Waals surface area (Å²) in [5.74, 6) is 0.420. The first-order valence-corrected chi connectivity index (χ1v) is 7.37. The molecule has 3 heteroatoms. The molecule has 3 rings (SSSR count). The normalized spacial score (nSPS) is 18.7. The molecule has 1 fully saturated rings. The molecule has 1 saturated carbocycles. The van der Waals surface area contributed by atoms with Crippen LogP contribution in [0.3, 0.4) is 0 Å². The maximum Gasteiger partial charge on any atom is 0.338 e. The highest BCUT2D eigenvalue weighted by molar-refractivity contribution is 5.90. The van der Waals surface area contributed by atoms with E-state index in [0.29, 0.717) is 18.1 Å². The Kier molecular flexibility index (Phi) is 3.72. The molecule has 1 aliphatic heterocycles. The maximum atomic E-state index is 12.0. The van der Waals surface area contributed by atoms with Gasteiger partial charge in [0.1, 0.15) is 0 Å². The standard InChI is InChI=1S/C16H21NO2/c18-16(19-11-12-4-1-2-5-12)14-7-8-15-13(10-14)6-3-9-17-15/h7-8,10,12,17H,1-6,9,11H2. The van der Waals surface area contributed by atoms with Crippen molar-refractivity contribution >= 4 is 11.7 Å². The fourth-order valence-electron chi connectivity index (χ4n) is 3.06. The first-order chi connectivity index (χ1) is 9.33. The number of hydrogen-bond donors (Lipinski definition) is 1. The number of carbonyl (C=O) groups is 1. The summed E-state index contributed by atoms with van der Waals surface area (Å²) in [5, 5.41) is 3.35. The van der Waals surface area contributed by atoms with Crippen molar-refractivity contribution in [3.05, 3.63) is 29.3 Å². The third kappa shape index (κ3) is 2.91. The number of anilines is 1. The first kappa shape index (κ1) is 12.5. The molecule has 0 atom stereocenters. The van der Waals surface area contributed by atoms with Crippen LogP contribution in [0.2, 0.25) is 0 Å². The minimum Gasteiger partial charge on any atom is -0.462 e. The third-order valence-electron chi connectivity index (χ3n) is 4.20. The molecule has 2 aliphatic rings. The largest absolute Gasteiger partial charge is 0.462 e. The molecule has 102 valence electrons. The van der Waals surface area contributed by atoms with Crippen LogP contribution in [0.25, 0.3) is 0 Å². The highest BCUT2D eigenvalue weighted by atomic mass is 16.5. The highest BCUT2D eigenvalue weighted by Crippen LogP contribution is 2.26. The van der Waals surface area contributed by atoms with Gasteiger partial charge in [-0.3, -0.25) is 0 Å². The second-order valence-electron chi connectivity index (χ2n) is 5.65. The molecule has 0 aromatic heterocycles. The Labute approximate surface area is 114 Å². The van der Waals surface area contributed by atoms with Crippen molar-refractivity contribution in [2.24, 2.45) is 5.92 Å². The van der Waals surface area contributed by atoms with E-state index in [1.165, 1.54) is 36.9 Å². The smallest absolute Gasteiger partial charge is 0.338 e. The van der Waals surface area contributed by atoms with Crippen molar-refractivity contribution in [2.45, 2.75) is 38.5 Å². The number of rotatable bonds is 3. The Bertz CT molecular complexity index is 464. The molecule has 0 amide bonds. The van der Waals surface area contributed by atoms with Gasteiger partial charge in [-0.1, -0.05) is 12.8 Å². The van der Waals surface area contributed by atoms with Gasteiger partial charge in [0.15, 0.2) is 0 Å². The minimum atomic E-state index is -0.166. The van der Waals surface area contributed by atoms with E-state index < -0.39 is 0 Å². The van der Waals surface area contributed by atoms with E-state index in [2.05, 4.69) is 5.32 Å². The summed E-state index contributed by atoms with van der Waals surface area (Å²) in [6.45, 7) is 1.62. The van der Waals surface area contributed by atoms with Crippen LogP contribution in [0.5, 0.6) is 0 Å². The number of benzene rings is 1. The molecule has 0 radical (unpaired) electrons. The van der Waals surface area contributed by atoms with Crippen LogP contribution in [-0.2, 0) is 11.2 Å². The predicted molar refractivity (Wildman–Crippen MR) is 75.5 cm³/mol. The highest BCUT2D eigenvalue weighted by Gasteiger charge is 2.18. The van der Waals surface area contributed by atoms with Crippen molar-refractivity contribution in [2.75, 3.05) is 18.5 Å². The molecule has 1 aromatic carbocycles. The van der Waals surface area contributed by atoms with Gasteiger partial charge in [-0.25, -0.2) is 4.79 Å². The van der Waals surface area contributed by atoms with Crippen LogP contribution in [0.1, 0.15) is 48.0 Å². The molecule has 1 N–H and O–H groups in total. The van der Waals surface area contributed by atoms with Crippen LogP contribution in [0.15, 0.2) is 18.2 Å². The van der Waals surface area contributed by atoms with Crippen molar-refractivity contribution < 1.29 is 9.53 Å². The predicted octanol–water partition coefficient (Wildman–Crippen LogP) is 3.39. The zero-order chi connectivity index (χ0) is 13.1. The van der Waals surface area contributed by atoms with Gasteiger partial charge in [0, 0.05) is 12.2 Å². The molecule has 0 unspecified atom stereocenters. The first-order valence-electron chi connectivity index (χ1n) is 7.37. The molecule has 1 aromatic rings. The van der Waals surface area contributed by atoms with Gasteiger partial charge in [-0.05, 0) is 55.4 Å². The summed E-state index contributed by atoms with van der Waals surface area (Å²) >= 11 is 0. The molecule has 0 spiro atoms. The zero-order valence-electron chi connectivity index (χ0n) is 11.3. The Hall–Kier alpha value is -1.51. The number of ether oxygens (including phenoxy) is 1. The topological polar surface area (TPSA) is 38.3 Å². The van der Waals surface area contributed by atoms with Gasteiger partial charge in [0.25, 0.3) is 0 Å². The van der Waals surface area contributed by atoms with E-state index in [4.69, 9.17) is 4.74 Å². The van der Waals surface area contributed by atoms with Gasteiger partial charge in [-0.2, -0.15) is 0 Å². The van der Waals surface area contributed by atoms with Crippen molar-refractivity contribution in [1.82, 2.24) is 0 Å². The van der Waals surface area contributed by atoms with Crippen LogP contribution in [-0.4, -0.2) is 19.1 Å².